The normalized spacial score (nSPS) is 34.9. The van der Waals surface area contributed by atoms with Crippen molar-refractivity contribution in [3.05, 3.63) is 41.5 Å². The summed E-state index contributed by atoms with van der Waals surface area (Å²) in [5, 5.41) is 0. The summed E-state index contributed by atoms with van der Waals surface area (Å²) < 4.78 is 0. The van der Waals surface area contributed by atoms with Gasteiger partial charge in [0.05, 0.1) is 0 Å². The average Bonchev–Trinajstić information content (AvgIpc) is 2.48. The van der Waals surface area contributed by atoms with Crippen molar-refractivity contribution in [2.24, 2.45) is 17.3 Å². The van der Waals surface area contributed by atoms with E-state index in [9.17, 15) is 9.59 Å². The van der Waals surface area contributed by atoms with Crippen LogP contribution >= 0.6 is 0 Å². The van der Waals surface area contributed by atoms with Gasteiger partial charge in [-0.1, -0.05) is 44.2 Å². The van der Waals surface area contributed by atoms with Crippen LogP contribution in [-0.4, -0.2) is 11.6 Å². The SMILES string of the molecule is CC1C(=O)C(=Cc2ccccc2)CC2(C)C(=O)CCC[C@@H]12. The molecule has 1 aromatic carbocycles. The number of Topliss-reactive ketones (excluding diaryl/α,β-unsaturated/α-hetero) is 2. The van der Waals surface area contributed by atoms with Crippen molar-refractivity contribution in [1.29, 1.82) is 0 Å². The van der Waals surface area contributed by atoms with E-state index in [4.69, 9.17) is 0 Å². The third kappa shape index (κ3) is 2.37. The van der Waals surface area contributed by atoms with Gasteiger partial charge in [-0.25, -0.2) is 0 Å². The van der Waals surface area contributed by atoms with Gasteiger partial charge in [0.25, 0.3) is 0 Å². The molecule has 2 saturated carbocycles. The predicted octanol–water partition coefficient (Wildman–Crippen LogP) is 4.05. The fraction of sp³-hybridized carbons (Fsp3) is 0.474. The highest BCUT2D eigenvalue weighted by Crippen LogP contribution is 2.51. The highest BCUT2D eigenvalue weighted by atomic mass is 16.1. The van der Waals surface area contributed by atoms with Crippen molar-refractivity contribution < 1.29 is 9.59 Å². The molecule has 2 unspecified atom stereocenters. The zero-order chi connectivity index (χ0) is 15.0. The first-order valence-electron chi connectivity index (χ1n) is 7.85. The van der Waals surface area contributed by atoms with Crippen LogP contribution in [0.3, 0.4) is 0 Å². The van der Waals surface area contributed by atoms with Crippen LogP contribution in [0.25, 0.3) is 6.08 Å². The smallest absolute Gasteiger partial charge is 0.162 e. The van der Waals surface area contributed by atoms with Gasteiger partial charge in [0.2, 0.25) is 0 Å². The van der Waals surface area contributed by atoms with Crippen molar-refractivity contribution in [1.82, 2.24) is 0 Å². The van der Waals surface area contributed by atoms with Gasteiger partial charge >= 0.3 is 0 Å². The van der Waals surface area contributed by atoms with Crippen molar-refractivity contribution >= 4 is 17.6 Å². The Morgan fingerprint density at radius 3 is 2.62 bits per heavy atom. The molecule has 21 heavy (non-hydrogen) atoms. The Bertz CT molecular complexity index is 599. The molecule has 0 heterocycles. The molecule has 0 bridgehead atoms. The Balaban J connectivity index is 1.98. The minimum Gasteiger partial charge on any atom is -0.299 e. The lowest BCUT2D eigenvalue weighted by atomic mass is 9.55. The van der Waals surface area contributed by atoms with Crippen LogP contribution in [0.15, 0.2) is 35.9 Å². The van der Waals surface area contributed by atoms with E-state index in [1.165, 1.54) is 0 Å². The summed E-state index contributed by atoms with van der Waals surface area (Å²) in [6.45, 7) is 4.07. The highest BCUT2D eigenvalue weighted by molar-refractivity contribution is 6.04. The molecule has 110 valence electrons. The van der Waals surface area contributed by atoms with Gasteiger partial charge in [-0.05, 0) is 42.4 Å². The van der Waals surface area contributed by atoms with Gasteiger partial charge in [0.1, 0.15) is 5.78 Å². The minimum absolute atomic E-state index is 0.0389. The molecule has 2 aliphatic rings. The first kappa shape index (κ1) is 14.2. The number of hydrogen-bond acceptors (Lipinski definition) is 2. The number of hydrogen-bond donors (Lipinski definition) is 0. The molecule has 2 heteroatoms. The monoisotopic (exact) mass is 282 g/mol. The summed E-state index contributed by atoms with van der Waals surface area (Å²) in [4.78, 5) is 25.1. The molecule has 2 aliphatic carbocycles. The molecule has 0 radical (unpaired) electrons. The zero-order valence-corrected chi connectivity index (χ0v) is 12.8. The molecule has 1 aromatic rings. The Morgan fingerprint density at radius 1 is 1.19 bits per heavy atom. The van der Waals surface area contributed by atoms with Crippen LogP contribution in [0.2, 0.25) is 0 Å². The first-order chi connectivity index (χ1) is 10.0. The first-order valence-corrected chi connectivity index (χ1v) is 7.85. The largest absolute Gasteiger partial charge is 0.299 e. The molecule has 0 N–H and O–H groups in total. The van der Waals surface area contributed by atoms with Crippen LogP contribution < -0.4 is 0 Å². The Hall–Kier alpha value is -1.70. The maximum absolute atomic E-state index is 12.7. The van der Waals surface area contributed by atoms with Crippen molar-refractivity contribution in [3.8, 4) is 0 Å². The van der Waals surface area contributed by atoms with E-state index >= 15 is 0 Å². The van der Waals surface area contributed by atoms with Gasteiger partial charge in [0.15, 0.2) is 5.78 Å². The van der Waals surface area contributed by atoms with Gasteiger partial charge in [-0.15, -0.1) is 0 Å². The Morgan fingerprint density at radius 2 is 1.90 bits per heavy atom. The van der Waals surface area contributed by atoms with Crippen LogP contribution in [0.4, 0.5) is 0 Å². The lowest BCUT2D eigenvalue weighted by Crippen LogP contribution is -2.48. The molecule has 0 amide bonds. The highest BCUT2D eigenvalue weighted by Gasteiger charge is 2.51. The molecule has 0 saturated heterocycles. The van der Waals surface area contributed by atoms with E-state index in [1.54, 1.807) is 0 Å². The number of rotatable bonds is 1. The molecule has 0 aliphatic heterocycles. The predicted molar refractivity (Wildman–Crippen MR) is 83.7 cm³/mol. The number of ketones is 2. The van der Waals surface area contributed by atoms with E-state index in [1.807, 2.05) is 43.3 Å². The molecule has 3 atom stereocenters. The fourth-order valence-electron chi connectivity index (χ4n) is 4.16. The summed E-state index contributed by atoms with van der Waals surface area (Å²) in [6.07, 6.45) is 5.20. The fourth-order valence-corrected chi connectivity index (χ4v) is 4.16. The number of allylic oxidation sites excluding steroid dienone is 1. The van der Waals surface area contributed by atoms with Gasteiger partial charge in [-0.3, -0.25) is 9.59 Å². The second-order valence-electron chi connectivity index (χ2n) is 6.75. The quantitative estimate of drug-likeness (QED) is 0.728. The third-order valence-corrected chi connectivity index (χ3v) is 5.41. The number of fused-ring (bicyclic) bond motifs is 1. The van der Waals surface area contributed by atoms with Gasteiger partial charge in [-0.2, -0.15) is 0 Å². The number of carbonyl (C=O) groups excluding carboxylic acids is 2. The Labute approximate surface area is 126 Å². The average molecular weight is 282 g/mol. The second-order valence-corrected chi connectivity index (χ2v) is 6.75. The van der Waals surface area contributed by atoms with E-state index in [0.717, 1.165) is 24.0 Å². The molecular formula is C19H22O2. The maximum Gasteiger partial charge on any atom is 0.162 e. The molecule has 2 fully saturated rings. The van der Waals surface area contributed by atoms with Crippen molar-refractivity contribution in [2.75, 3.05) is 0 Å². The summed E-state index contributed by atoms with van der Waals surface area (Å²) in [6, 6.07) is 9.91. The zero-order valence-electron chi connectivity index (χ0n) is 12.8. The number of carbonyl (C=O) groups is 2. The van der Waals surface area contributed by atoms with E-state index in [0.29, 0.717) is 18.6 Å². The van der Waals surface area contributed by atoms with E-state index < -0.39 is 0 Å². The third-order valence-electron chi connectivity index (χ3n) is 5.41. The standard InChI is InChI=1S/C19H22O2/c1-13-16-9-6-10-17(20)19(16,2)12-15(18(13)21)11-14-7-4-3-5-8-14/h3-5,7-8,11,13,16H,6,9-10,12H2,1-2H3/t13?,16-,19?/m0/s1. The maximum atomic E-state index is 12.7. The molecular weight excluding hydrogens is 260 g/mol. The van der Waals surface area contributed by atoms with Crippen LogP contribution in [0.1, 0.15) is 45.1 Å². The van der Waals surface area contributed by atoms with Crippen molar-refractivity contribution in [3.63, 3.8) is 0 Å². The molecule has 3 rings (SSSR count). The van der Waals surface area contributed by atoms with Crippen molar-refractivity contribution in [2.45, 2.75) is 39.5 Å². The van der Waals surface area contributed by atoms with Crippen LogP contribution in [0, 0.1) is 17.3 Å². The van der Waals surface area contributed by atoms with Crippen LogP contribution in [0.5, 0.6) is 0 Å². The lowest BCUT2D eigenvalue weighted by molar-refractivity contribution is -0.141. The van der Waals surface area contributed by atoms with E-state index in [-0.39, 0.29) is 23.0 Å². The summed E-state index contributed by atoms with van der Waals surface area (Å²) in [5.74, 6) is 0.759. The topological polar surface area (TPSA) is 34.1 Å². The summed E-state index contributed by atoms with van der Waals surface area (Å²) in [7, 11) is 0. The molecule has 2 nitrogen and oxygen atoms in total. The molecule has 0 aromatic heterocycles. The van der Waals surface area contributed by atoms with E-state index in [2.05, 4.69) is 6.92 Å². The minimum atomic E-state index is -0.341. The van der Waals surface area contributed by atoms with Crippen LogP contribution in [-0.2, 0) is 9.59 Å². The molecule has 0 spiro atoms. The van der Waals surface area contributed by atoms with Gasteiger partial charge in [0, 0.05) is 17.8 Å². The summed E-state index contributed by atoms with van der Waals surface area (Å²) >= 11 is 0. The second kappa shape index (κ2) is 5.25. The number of benzene rings is 1. The Kier molecular flexibility index (Phi) is 3.56. The lowest BCUT2D eigenvalue weighted by Gasteiger charge is -2.47. The van der Waals surface area contributed by atoms with Gasteiger partial charge < -0.3 is 0 Å². The summed E-state index contributed by atoms with van der Waals surface area (Å²) in [5.41, 5.74) is 1.52.